The molecule has 0 N–H and O–H groups in total. The van der Waals surface area contributed by atoms with Gasteiger partial charge in [-0.15, -0.1) is 0 Å². The topological polar surface area (TPSA) is 63.9 Å². The maximum atomic E-state index is 12.6. The van der Waals surface area contributed by atoms with E-state index in [0.717, 1.165) is 36.5 Å². The van der Waals surface area contributed by atoms with Crippen LogP contribution >= 0.6 is 0 Å². The average Bonchev–Trinajstić information content (AvgIpc) is 3.26. The molecule has 3 aromatic heterocycles. The molecule has 1 aliphatic heterocycles. The van der Waals surface area contributed by atoms with Crippen molar-refractivity contribution >= 4 is 17.1 Å². The predicted molar refractivity (Wildman–Crippen MR) is 90.7 cm³/mol. The van der Waals surface area contributed by atoms with E-state index in [1.807, 2.05) is 17.0 Å². The number of amides is 1. The Morgan fingerprint density at radius 3 is 2.88 bits per heavy atom. The van der Waals surface area contributed by atoms with E-state index in [1.165, 1.54) is 0 Å². The van der Waals surface area contributed by atoms with Gasteiger partial charge in [0.2, 0.25) is 0 Å². The van der Waals surface area contributed by atoms with E-state index >= 15 is 0 Å². The monoisotopic (exact) mass is 321 g/mol. The second-order valence-electron chi connectivity index (χ2n) is 6.03. The summed E-state index contributed by atoms with van der Waals surface area (Å²) in [5, 5.41) is 0. The van der Waals surface area contributed by atoms with Gasteiger partial charge in [0.05, 0.1) is 0 Å². The number of fused-ring (bicyclic) bond motifs is 1. The highest BCUT2D eigenvalue weighted by molar-refractivity contribution is 5.94. The van der Waals surface area contributed by atoms with Crippen LogP contribution in [-0.4, -0.2) is 43.4 Å². The first-order valence-electron chi connectivity index (χ1n) is 8.28. The number of rotatable bonds is 3. The number of aromatic nitrogens is 4. The number of nitrogens with zero attached hydrogens (tertiary/aromatic N) is 5. The van der Waals surface area contributed by atoms with E-state index in [4.69, 9.17) is 4.98 Å². The number of aryl methyl sites for hydroxylation is 1. The van der Waals surface area contributed by atoms with Crippen LogP contribution in [-0.2, 0) is 6.54 Å². The SMILES string of the molecule is CCn1c([C@@H]2CCN(C(=O)c3ccncc3)C2)nc2cccnc21. The Labute approximate surface area is 140 Å². The maximum absolute atomic E-state index is 12.6. The average molecular weight is 321 g/mol. The second-order valence-corrected chi connectivity index (χ2v) is 6.03. The van der Waals surface area contributed by atoms with Gasteiger partial charge >= 0.3 is 0 Å². The molecule has 4 rings (SSSR count). The van der Waals surface area contributed by atoms with Gasteiger partial charge in [0, 0.05) is 49.7 Å². The zero-order chi connectivity index (χ0) is 16.5. The maximum Gasteiger partial charge on any atom is 0.253 e. The van der Waals surface area contributed by atoms with E-state index in [9.17, 15) is 4.79 Å². The van der Waals surface area contributed by atoms with Crippen molar-refractivity contribution in [2.24, 2.45) is 0 Å². The number of hydrogen-bond acceptors (Lipinski definition) is 4. The summed E-state index contributed by atoms with van der Waals surface area (Å²) < 4.78 is 2.17. The van der Waals surface area contributed by atoms with Crippen LogP contribution in [0.5, 0.6) is 0 Å². The normalized spacial score (nSPS) is 17.5. The number of carbonyl (C=O) groups is 1. The van der Waals surface area contributed by atoms with Crippen LogP contribution in [0.3, 0.4) is 0 Å². The number of imidazole rings is 1. The summed E-state index contributed by atoms with van der Waals surface area (Å²) in [5.41, 5.74) is 2.54. The molecule has 0 saturated carbocycles. The van der Waals surface area contributed by atoms with Crippen molar-refractivity contribution in [3.8, 4) is 0 Å². The van der Waals surface area contributed by atoms with Crippen molar-refractivity contribution < 1.29 is 4.79 Å². The van der Waals surface area contributed by atoms with Gasteiger partial charge in [0.25, 0.3) is 5.91 Å². The molecule has 1 saturated heterocycles. The Kier molecular flexibility index (Phi) is 3.72. The summed E-state index contributed by atoms with van der Waals surface area (Å²) in [4.78, 5) is 27.7. The van der Waals surface area contributed by atoms with E-state index < -0.39 is 0 Å². The fourth-order valence-electron chi connectivity index (χ4n) is 3.43. The number of hydrogen-bond donors (Lipinski definition) is 0. The highest BCUT2D eigenvalue weighted by Crippen LogP contribution is 2.29. The molecule has 3 aromatic rings. The molecule has 0 aromatic carbocycles. The first-order valence-corrected chi connectivity index (χ1v) is 8.28. The fourth-order valence-corrected chi connectivity index (χ4v) is 3.43. The molecule has 0 unspecified atom stereocenters. The summed E-state index contributed by atoms with van der Waals surface area (Å²) in [6.07, 6.45) is 6.04. The van der Waals surface area contributed by atoms with E-state index in [2.05, 4.69) is 21.5 Å². The summed E-state index contributed by atoms with van der Waals surface area (Å²) in [7, 11) is 0. The summed E-state index contributed by atoms with van der Waals surface area (Å²) in [6, 6.07) is 7.43. The Morgan fingerprint density at radius 1 is 1.25 bits per heavy atom. The van der Waals surface area contributed by atoms with Crippen molar-refractivity contribution in [3.63, 3.8) is 0 Å². The number of pyridine rings is 2. The molecule has 1 amide bonds. The molecule has 1 fully saturated rings. The molecule has 1 atom stereocenters. The van der Waals surface area contributed by atoms with Gasteiger partial charge in [0.1, 0.15) is 11.3 Å². The largest absolute Gasteiger partial charge is 0.338 e. The van der Waals surface area contributed by atoms with Crippen molar-refractivity contribution in [1.29, 1.82) is 0 Å². The van der Waals surface area contributed by atoms with Crippen LogP contribution in [0, 0.1) is 0 Å². The lowest BCUT2D eigenvalue weighted by Gasteiger charge is -2.16. The van der Waals surface area contributed by atoms with E-state index in [-0.39, 0.29) is 11.8 Å². The minimum atomic E-state index is 0.0668. The van der Waals surface area contributed by atoms with Gasteiger partial charge in [-0.25, -0.2) is 9.97 Å². The van der Waals surface area contributed by atoms with Crippen molar-refractivity contribution in [2.45, 2.75) is 25.8 Å². The first kappa shape index (κ1) is 14.8. The van der Waals surface area contributed by atoms with Gasteiger partial charge in [-0.05, 0) is 37.6 Å². The third-order valence-electron chi connectivity index (χ3n) is 4.62. The Hall–Kier alpha value is -2.76. The lowest BCUT2D eigenvalue weighted by atomic mass is 10.1. The highest BCUT2D eigenvalue weighted by Gasteiger charge is 2.31. The van der Waals surface area contributed by atoms with Gasteiger partial charge in [-0.3, -0.25) is 9.78 Å². The zero-order valence-electron chi connectivity index (χ0n) is 13.6. The smallest absolute Gasteiger partial charge is 0.253 e. The second kappa shape index (κ2) is 6.03. The predicted octanol–water partition coefficient (Wildman–Crippen LogP) is 2.48. The van der Waals surface area contributed by atoms with Crippen LogP contribution in [0.25, 0.3) is 11.2 Å². The van der Waals surface area contributed by atoms with E-state index in [1.54, 1.807) is 30.7 Å². The molecule has 0 radical (unpaired) electrons. The van der Waals surface area contributed by atoms with Crippen LogP contribution in [0.2, 0.25) is 0 Å². The quantitative estimate of drug-likeness (QED) is 0.743. The minimum Gasteiger partial charge on any atom is -0.338 e. The Morgan fingerprint density at radius 2 is 2.08 bits per heavy atom. The molecule has 1 aliphatic rings. The molecule has 6 nitrogen and oxygen atoms in total. The third kappa shape index (κ3) is 2.44. The number of carbonyl (C=O) groups excluding carboxylic acids is 1. The van der Waals surface area contributed by atoms with Gasteiger partial charge in [-0.2, -0.15) is 0 Å². The van der Waals surface area contributed by atoms with Gasteiger partial charge in [0.15, 0.2) is 5.65 Å². The molecular formula is C18H19N5O. The van der Waals surface area contributed by atoms with Crippen LogP contribution in [0.1, 0.15) is 35.4 Å². The molecule has 4 heterocycles. The first-order chi connectivity index (χ1) is 11.8. The van der Waals surface area contributed by atoms with Gasteiger partial charge in [-0.1, -0.05) is 0 Å². The molecule has 0 aliphatic carbocycles. The molecule has 6 heteroatoms. The molecule has 0 bridgehead atoms. The standard InChI is InChI=1S/C18H19N5O/c1-2-23-16(21-15-4-3-8-20-17(15)23)14-7-11-22(12-14)18(24)13-5-9-19-10-6-13/h3-6,8-10,14H,2,7,11-12H2,1H3/t14-/m1/s1. The minimum absolute atomic E-state index is 0.0668. The molecule has 24 heavy (non-hydrogen) atoms. The van der Waals surface area contributed by atoms with E-state index in [0.29, 0.717) is 12.1 Å². The Balaban J connectivity index is 1.60. The molecule has 122 valence electrons. The molecule has 0 spiro atoms. The summed E-state index contributed by atoms with van der Waals surface area (Å²) >= 11 is 0. The fraction of sp³-hybridized carbons (Fsp3) is 0.333. The highest BCUT2D eigenvalue weighted by atomic mass is 16.2. The molecular weight excluding hydrogens is 302 g/mol. The van der Waals surface area contributed by atoms with Crippen molar-refractivity contribution in [2.75, 3.05) is 13.1 Å². The van der Waals surface area contributed by atoms with Gasteiger partial charge < -0.3 is 9.47 Å². The summed E-state index contributed by atoms with van der Waals surface area (Å²) in [5.74, 6) is 1.36. The lowest BCUT2D eigenvalue weighted by molar-refractivity contribution is 0.0790. The van der Waals surface area contributed by atoms with Crippen molar-refractivity contribution in [1.82, 2.24) is 24.4 Å². The van der Waals surface area contributed by atoms with Crippen LogP contribution < -0.4 is 0 Å². The van der Waals surface area contributed by atoms with Crippen molar-refractivity contribution in [3.05, 3.63) is 54.2 Å². The lowest BCUT2D eigenvalue weighted by Crippen LogP contribution is -2.28. The van der Waals surface area contributed by atoms with Crippen LogP contribution in [0.4, 0.5) is 0 Å². The summed E-state index contributed by atoms with van der Waals surface area (Å²) in [6.45, 7) is 4.39. The number of likely N-dealkylation sites (tertiary alicyclic amines) is 1. The Bertz CT molecular complexity index is 874. The zero-order valence-corrected chi connectivity index (χ0v) is 13.6. The van der Waals surface area contributed by atoms with Crippen LogP contribution in [0.15, 0.2) is 42.9 Å². The third-order valence-corrected chi connectivity index (χ3v) is 4.62.